The predicted octanol–water partition coefficient (Wildman–Crippen LogP) is 1.40. The molecule has 0 spiro atoms. The number of hydrogen-bond donors (Lipinski definition) is 1. The van der Waals surface area contributed by atoms with Crippen LogP contribution >= 0.6 is 0 Å². The molecular weight excluding hydrogens is 270 g/mol. The van der Waals surface area contributed by atoms with E-state index in [0.29, 0.717) is 37.4 Å². The van der Waals surface area contributed by atoms with Crippen LogP contribution in [0.4, 0.5) is 10.5 Å². The average Bonchev–Trinajstić information content (AvgIpc) is 2.53. The molecule has 2 aromatic rings. The minimum absolute atomic E-state index is 0.0741. The normalized spacial score (nSPS) is 15.2. The maximum Gasteiger partial charge on any atom is 0.322 e. The molecule has 6 nitrogen and oxygen atoms in total. The van der Waals surface area contributed by atoms with Crippen molar-refractivity contribution in [3.8, 4) is 0 Å². The molecule has 1 saturated heterocycles. The lowest BCUT2D eigenvalue weighted by atomic mass is 10.1. The lowest BCUT2D eigenvalue weighted by molar-refractivity contribution is 0.0564. The van der Waals surface area contributed by atoms with Gasteiger partial charge in [-0.05, 0) is 6.07 Å². The van der Waals surface area contributed by atoms with Crippen molar-refractivity contribution >= 4 is 22.5 Å². The topological polar surface area (TPSA) is 63.6 Å². The number of anilines is 1. The highest BCUT2D eigenvalue weighted by Crippen LogP contribution is 2.20. The summed E-state index contributed by atoms with van der Waals surface area (Å²) in [5.74, 6) is 0. The Morgan fingerprint density at radius 2 is 1.86 bits per heavy atom. The van der Waals surface area contributed by atoms with Gasteiger partial charge in [0.1, 0.15) is 0 Å². The summed E-state index contributed by atoms with van der Waals surface area (Å²) in [6, 6.07) is 7.11. The summed E-state index contributed by atoms with van der Waals surface area (Å²) in [4.78, 5) is 26.1. The van der Waals surface area contributed by atoms with Gasteiger partial charge in [-0.3, -0.25) is 4.79 Å². The number of morpholine rings is 1. The maximum atomic E-state index is 12.3. The van der Waals surface area contributed by atoms with E-state index in [0.717, 1.165) is 5.39 Å². The maximum absolute atomic E-state index is 12.3. The van der Waals surface area contributed by atoms with Gasteiger partial charge in [-0.15, -0.1) is 0 Å². The highest BCUT2D eigenvalue weighted by atomic mass is 16.5. The van der Waals surface area contributed by atoms with Crippen molar-refractivity contribution in [3.63, 3.8) is 0 Å². The quantitative estimate of drug-likeness (QED) is 0.862. The second kappa shape index (κ2) is 5.57. The standard InChI is InChI=1S/C15H17N3O3/c1-17-10-13(11-4-2-3-5-12(11)14(17)19)16-15(20)18-6-8-21-9-7-18/h2-5,10H,6-9H2,1H3,(H,16,20). The third-order valence-electron chi connectivity index (χ3n) is 3.63. The molecule has 0 aliphatic carbocycles. The molecule has 1 aliphatic rings. The smallest absolute Gasteiger partial charge is 0.322 e. The Bertz CT molecular complexity index is 733. The van der Waals surface area contributed by atoms with E-state index >= 15 is 0 Å². The number of ether oxygens (including phenoxy) is 1. The van der Waals surface area contributed by atoms with Crippen molar-refractivity contribution < 1.29 is 9.53 Å². The number of aryl methyl sites for hydroxylation is 1. The van der Waals surface area contributed by atoms with Crippen molar-refractivity contribution in [3.05, 3.63) is 40.8 Å². The van der Waals surface area contributed by atoms with Crippen molar-refractivity contribution in [1.82, 2.24) is 9.47 Å². The number of carbonyl (C=O) groups excluding carboxylic acids is 1. The van der Waals surface area contributed by atoms with Gasteiger partial charge >= 0.3 is 6.03 Å². The van der Waals surface area contributed by atoms with E-state index in [2.05, 4.69) is 5.32 Å². The Kier molecular flexibility index (Phi) is 3.62. The Hall–Kier alpha value is -2.34. The average molecular weight is 287 g/mol. The third kappa shape index (κ3) is 2.62. The number of carbonyl (C=O) groups is 1. The highest BCUT2D eigenvalue weighted by Gasteiger charge is 2.18. The lowest BCUT2D eigenvalue weighted by Gasteiger charge is -2.27. The Balaban J connectivity index is 1.95. The summed E-state index contributed by atoms with van der Waals surface area (Å²) in [6.07, 6.45) is 1.66. The first-order valence-corrected chi connectivity index (χ1v) is 6.89. The zero-order valence-electron chi connectivity index (χ0n) is 11.8. The van der Waals surface area contributed by atoms with Gasteiger partial charge in [0.25, 0.3) is 5.56 Å². The van der Waals surface area contributed by atoms with E-state index in [9.17, 15) is 9.59 Å². The molecule has 1 N–H and O–H groups in total. The summed E-state index contributed by atoms with van der Waals surface area (Å²) in [7, 11) is 1.68. The van der Waals surface area contributed by atoms with Gasteiger partial charge in [0, 0.05) is 37.1 Å². The lowest BCUT2D eigenvalue weighted by Crippen LogP contribution is -2.43. The molecular formula is C15H17N3O3. The van der Waals surface area contributed by atoms with E-state index in [1.165, 1.54) is 4.57 Å². The van der Waals surface area contributed by atoms with Crippen LogP contribution in [0.3, 0.4) is 0 Å². The zero-order valence-corrected chi connectivity index (χ0v) is 11.8. The van der Waals surface area contributed by atoms with Gasteiger partial charge < -0.3 is 19.5 Å². The van der Waals surface area contributed by atoms with Gasteiger partial charge in [-0.25, -0.2) is 4.79 Å². The number of amides is 2. The first-order chi connectivity index (χ1) is 10.2. The number of hydrogen-bond acceptors (Lipinski definition) is 3. The summed E-state index contributed by atoms with van der Waals surface area (Å²) in [6.45, 7) is 2.27. The SMILES string of the molecule is Cn1cc(NC(=O)N2CCOCC2)c2ccccc2c1=O. The molecule has 110 valence electrons. The molecule has 2 amide bonds. The van der Waals surface area contributed by atoms with Crippen LogP contribution in [0.1, 0.15) is 0 Å². The second-order valence-corrected chi connectivity index (χ2v) is 5.03. The molecule has 6 heteroatoms. The van der Waals surface area contributed by atoms with Crippen molar-refractivity contribution in [2.75, 3.05) is 31.6 Å². The minimum Gasteiger partial charge on any atom is -0.378 e. The van der Waals surface area contributed by atoms with Crippen LogP contribution in [0.2, 0.25) is 0 Å². The van der Waals surface area contributed by atoms with Crippen LogP contribution in [-0.4, -0.2) is 41.8 Å². The summed E-state index contributed by atoms with van der Waals surface area (Å²) < 4.78 is 6.72. The van der Waals surface area contributed by atoms with Gasteiger partial charge in [-0.1, -0.05) is 18.2 Å². The Labute approximate surface area is 121 Å². The fraction of sp³-hybridized carbons (Fsp3) is 0.333. The number of benzene rings is 1. The first-order valence-electron chi connectivity index (χ1n) is 6.89. The molecule has 0 bridgehead atoms. The molecule has 1 fully saturated rings. The zero-order chi connectivity index (χ0) is 14.8. The molecule has 0 atom stereocenters. The third-order valence-corrected chi connectivity index (χ3v) is 3.63. The number of pyridine rings is 1. The van der Waals surface area contributed by atoms with Gasteiger partial charge in [0.15, 0.2) is 0 Å². The van der Waals surface area contributed by atoms with Gasteiger partial charge in [0.05, 0.1) is 18.9 Å². The van der Waals surface area contributed by atoms with Crippen LogP contribution in [0.15, 0.2) is 35.3 Å². The van der Waals surface area contributed by atoms with E-state index in [1.54, 1.807) is 24.2 Å². The molecule has 3 rings (SSSR count). The molecule has 1 aliphatic heterocycles. The number of rotatable bonds is 1. The van der Waals surface area contributed by atoms with Crippen molar-refractivity contribution in [2.45, 2.75) is 0 Å². The van der Waals surface area contributed by atoms with E-state index < -0.39 is 0 Å². The molecule has 1 aromatic carbocycles. The summed E-state index contributed by atoms with van der Waals surface area (Å²) >= 11 is 0. The number of nitrogens with zero attached hydrogens (tertiary/aromatic N) is 2. The molecule has 0 saturated carbocycles. The van der Waals surface area contributed by atoms with Crippen LogP contribution in [0, 0.1) is 0 Å². The highest BCUT2D eigenvalue weighted by molar-refractivity contribution is 6.00. The fourth-order valence-corrected chi connectivity index (χ4v) is 2.48. The molecule has 0 radical (unpaired) electrons. The van der Waals surface area contributed by atoms with Crippen molar-refractivity contribution in [1.29, 1.82) is 0 Å². The molecule has 1 aromatic heterocycles. The number of urea groups is 1. The number of nitrogens with one attached hydrogen (secondary N) is 1. The molecule has 0 unspecified atom stereocenters. The van der Waals surface area contributed by atoms with E-state index in [-0.39, 0.29) is 11.6 Å². The fourth-order valence-electron chi connectivity index (χ4n) is 2.48. The Morgan fingerprint density at radius 3 is 2.57 bits per heavy atom. The van der Waals surface area contributed by atoms with Crippen molar-refractivity contribution in [2.24, 2.45) is 7.05 Å². The monoisotopic (exact) mass is 287 g/mol. The van der Waals surface area contributed by atoms with E-state index in [4.69, 9.17) is 4.74 Å². The van der Waals surface area contributed by atoms with Gasteiger partial charge in [-0.2, -0.15) is 0 Å². The summed E-state index contributed by atoms with van der Waals surface area (Å²) in [5, 5.41) is 4.24. The number of fused-ring (bicyclic) bond motifs is 1. The minimum atomic E-state index is -0.165. The van der Waals surface area contributed by atoms with Crippen LogP contribution < -0.4 is 10.9 Å². The molecule has 21 heavy (non-hydrogen) atoms. The Morgan fingerprint density at radius 1 is 1.19 bits per heavy atom. The van der Waals surface area contributed by atoms with Crippen LogP contribution in [-0.2, 0) is 11.8 Å². The van der Waals surface area contributed by atoms with E-state index in [1.807, 2.05) is 18.2 Å². The van der Waals surface area contributed by atoms with Crippen LogP contribution in [0.25, 0.3) is 10.8 Å². The first kappa shape index (κ1) is 13.6. The largest absolute Gasteiger partial charge is 0.378 e. The summed E-state index contributed by atoms with van der Waals surface area (Å²) in [5.41, 5.74) is 0.569. The second-order valence-electron chi connectivity index (χ2n) is 5.03. The molecule has 2 heterocycles. The van der Waals surface area contributed by atoms with Gasteiger partial charge in [0.2, 0.25) is 0 Å². The van der Waals surface area contributed by atoms with Crippen LogP contribution in [0.5, 0.6) is 0 Å². The predicted molar refractivity (Wildman–Crippen MR) is 80.6 cm³/mol. The number of aromatic nitrogens is 1.